The first-order chi connectivity index (χ1) is 13.2. The van der Waals surface area contributed by atoms with Crippen LogP contribution in [0.3, 0.4) is 0 Å². The monoisotopic (exact) mass is 384 g/mol. The maximum absolute atomic E-state index is 12.6. The smallest absolute Gasteiger partial charge is 0.318 e. The quantitative estimate of drug-likeness (QED) is 0.785. The van der Waals surface area contributed by atoms with Crippen molar-refractivity contribution in [2.75, 3.05) is 31.1 Å². The summed E-state index contributed by atoms with van der Waals surface area (Å²) >= 11 is 0. The van der Waals surface area contributed by atoms with E-state index in [0.717, 1.165) is 19.5 Å². The van der Waals surface area contributed by atoms with Crippen molar-refractivity contribution in [3.05, 3.63) is 41.3 Å². The molecular formula is C22H32N4O2. The van der Waals surface area contributed by atoms with Gasteiger partial charge >= 0.3 is 6.01 Å². The van der Waals surface area contributed by atoms with Crippen LogP contribution in [0.15, 0.2) is 28.7 Å². The molecule has 1 aliphatic heterocycles. The molecule has 2 aromatic rings. The third kappa shape index (κ3) is 4.91. The number of aromatic nitrogens is 2. The van der Waals surface area contributed by atoms with Crippen molar-refractivity contribution in [3.63, 3.8) is 0 Å². The molecule has 1 saturated heterocycles. The lowest BCUT2D eigenvalue weighted by atomic mass is 9.86. The number of benzene rings is 1. The standard InChI is InChI=1S/C22H32N4O2/c1-16(2)20-23-24-21(28-20)26-14-12-25(13-15-26)19(27)11-8-17-6-9-18(10-7-17)22(3,4)5/h6-7,9-10,16H,8,11-15H2,1-5H3. The van der Waals surface area contributed by atoms with Gasteiger partial charge < -0.3 is 14.2 Å². The molecule has 1 aromatic carbocycles. The largest absolute Gasteiger partial charge is 0.408 e. The van der Waals surface area contributed by atoms with Crippen molar-refractivity contribution in [2.24, 2.45) is 0 Å². The van der Waals surface area contributed by atoms with Crippen LogP contribution >= 0.6 is 0 Å². The number of hydrogen-bond acceptors (Lipinski definition) is 5. The van der Waals surface area contributed by atoms with Gasteiger partial charge in [0.25, 0.3) is 0 Å². The van der Waals surface area contributed by atoms with Crippen molar-refractivity contribution in [2.45, 2.75) is 58.8 Å². The number of anilines is 1. The summed E-state index contributed by atoms with van der Waals surface area (Å²) in [6, 6.07) is 9.21. The Labute approximate surface area is 167 Å². The molecular weight excluding hydrogens is 352 g/mol. The average Bonchev–Trinajstić information content (AvgIpc) is 3.16. The molecule has 6 heteroatoms. The van der Waals surface area contributed by atoms with Crippen LogP contribution in [-0.4, -0.2) is 47.2 Å². The molecule has 0 radical (unpaired) electrons. The fraction of sp³-hybridized carbons (Fsp3) is 0.591. The normalized spacial score (nSPS) is 15.4. The van der Waals surface area contributed by atoms with Gasteiger partial charge in [0.15, 0.2) is 0 Å². The predicted octanol–water partition coefficient (Wildman–Crippen LogP) is 3.77. The Balaban J connectivity index is 1.47. The van der Waals surface area contributed by atoms with E-state index in [4.69, 9.17) is 4.42 Å². The van der Waals surface area contributed by atoms with Crippen LogP contribution in [0.2, 0.25) is 0 Å². The summed E-state index contributed by atoms with van der Waals surface area (Å²) in [6.07, 6.45) is 1.33. The van der Waals surface area contributed by atoms with Crippen molar-refractivity contribution in [1.82, 2.24) is 15.1 Å². The molecule has 3 rings (SSSR count). The van der Waals surface area contributed by atoms with Crippen molar-refractivity contribution >= 4 is 11.9 Å². The maximum atomic E-state index is 12.6. The van der Waals surface area contributed by atoms with Gasteiger partial charge in [-0.1, -0.05) is 64.0 Å². The first kappa shape index (κ1) is 20.4. The highest BCUT2D eigenvalue weighted by Gasteiger charge is 2.24. The van der Waals surface area contributed by atoms with Gasteiger partial charge in [0, 0.05) is 38.5 Å². The molecule has 0 saturated carbocycles. The van der Waals surface area contributed by atoms with Gasteiger partial charge in [-0.15, -0.1) is 5.10 Å². The second-order valence-corrected chi connectivity index (χ2v) is 8.89. The molecule has 28 heavy (non-hydrogen) atoms. The van der Waals surface area contributed by atoms with Crippen LogP contribution in [0.4, 0.5) is 6.01 Å². The van der Waals surface area contributed by atoms with Crippen molar-refractivity contribution in [1.29, 1.82) is 0 Å². The third-order valence-electron chi connectivity index (χ3n) is 5.27. The third-order valence-corrected chi connectivity index (χ3v) is 5.27. The lowest BCUT2D eigenvalue weighted by Gasteiger charge is -2.33. The van der Waals surface area contributed by atoms with Crippen LogP contribution < -0.4 is 4.90 Å². The van der Waals surface area contributed by atoms with E-state index in [9.17, 15) is 4.79 Å². The van der Waals surface area contributed by atoms with E-state index >= 15 is 0 Å². The van der Waals surface area contributed by atoms with Crippen molar-refractivity contribution in [3.8, 4) is 0 Å². The van der Waals surface area contributed by atoms with Crippen molar-refractivity contribution < 1.29 is 9.21 Å². The summed E-state index contributed by atoms with van der Waals surface area (Å²) in [5, 5.41) is 8.23. The highest BCUT2D eigenvalue weighted by atomic mass is 16.4. The molecule has 0 atom stereocenters. The van der Waals surface area contributed by atoms with E-state index in [0.29, 0.717) is 31.4 Å². The Hall–Kier alpha value is -2.37. The average molecular weight is 385 g/mol. The molecule has 1 aliphatic rings. The number of carbonyl (C=O) groups excluding carboxylic acids is 1. The predicted molar refractivity (Wildman–Crippen MR) is 111 cm³/mol. The second kappa shape index (κ2) is 8.33. The molecule has 2 heterocycles. The zero-order valence-corrected chi connectivity index (χ0v) is 17.7. The fourth-order valence-electron chi connectivity index (χ4n) is 3.32. The van der Waals surface area contributed by atoms with Crippen LogP contribution in [0.1, 0.15) is 64.0 Å². The maximum Gasteiger partial charge on any atom is 0.318 e. The number of aryl methyl sites for hydroxylation is 1. The molecule has 0 N–H and O–H groups in total. The summed E-state index contributed by atoms with van der Waals surface area (Å²) in [4.78, 5) is 16.6. The van der Waals surface area contributed by atoms with E-state index in [2.05, 4.69) is 60.1 Å². The summed E-state index contributed by atoms with van der Waals surface area (Å²) in [6.45, 7) is 13.5. The number of amides is 1. The molecule has 0 aliphatic carbocycles. The van der Waals surface area contributed by atoms with E-state index in [1.807, 2.05) is 18.7 Å². The van der Waals surface area contributed by atoms with Gasteiger partial charge in [-0.25, -0.2) is 0 Å². The Bertz CT molecular complexity index is 782. The van der Waals surface area contributed by atoms with E-state index < -0.39 is 0 Å². The molecule has 1 amide bonds. The Kier molecular flexibility index (Phi) is 6.06. The molecule has 152 valence electrons. The number of rotatable bonds is 5. The fourth-order valence-corrected chi connectivity index (χ4v) is 3.32. The molecule has 0 bridgehead atoms. The number of hydrogen-bond donors (Lipinski definition) is 0. The lowest BCUT2D eigenvalue weighted by Crippen LogP contribution is -2.49. The minimum Gasteiger partial charge on any atom is -0.408 e. The molecule has 0 unspecified atom stereocenters. The summed E-state index contributed by atoms with van der Waals surface area (Å²) < 4.78 is 5.72. The van der Waals surface area contributed by atoms with Gasteiger partial charge in [-0.2, -0.15) is 0 Å². The minimum absolute atomic E-state index is 0.155. The highest BCUT2D eigenvalue weighted by molar-refractivity contribution is 5.76. The Morgan fingerprint density at radius 1 is 1.07 bits per heavy atom. The van der Waals surface area contributed by atoms with Gasteiger partial charge in [-0.05, 0) is 23.0 Å². The highest BCUT2D eigenvalue weighted by Crippen LogP contribution is 2.23. The number of nitrogens with zero attached hydrogens (tertiary/aromatic N) is 4. The molecule has 1 aromatic heterocycles. The van der Waals surface area contributed by atoms with E-state index in [-0.39, 0.29) is 17.2 Å². The van der Waals surface area contributed by atoms with Gasteiger partial charge in [0.1, 0.15) is 0 Å². The van der Waals surface area contributed by atoms with E-state index in [1.165, 1.54) is 11.1 Å². The minimum atomic E-state index is 0.155. The van der Waals surface area contributed by atoms with E-state index in [1.54, 1.807) is 0 Å². The summed E-state index contributed by atoms with van der Waals surface area (Å²) in [5.74, 6) is 1.10. The van der Waals surface area contributed by atoms with Gasteiger partial charge in [0.2, 0.25) is 11.8 Å². The van der Waals surface area contributed by atoms with Gasteiger partial charge in [0.05, 0.1) is 0 Å². The summed E-state index contributed by atoms with van der Waals surface area (Å²) in [7, 11) is 0. The Morgan fingerprint density at radius 3 is 2.25 bits per heavy atom. The molecule has 1 fully saturated rings. The zero-order chi connectivity index (χ0) is 20.3. The van der Waals surface area contributed by atoms with Crippen LogP contribution in [0.25, 0.3) is 0 Å². The number of piperazine rings is 1. The first-order valence-electron chi connectivity index (χ1n) is 10.2. The SMILES string of the molecule is CC(C)c1nnc(N2CCN(C(=O)CCc3ccc(C(C)(C)C)cc3)CC2)o1. The summed E-state index contributed by atoms with van der Waals surface area (Å²) in [5.41, 5.74) is 2.69. The molecule has 6 nitrogen and oxygen atoms in total. The van der Waals surface area contributed by atoms with Gasteiger partial charge in [-0.3, -0.25) is 4.79 Å². The van der Waals surface area contributed by atoms with Crippen LogP contribution in [-0.2, 0) is 16.6 Å². The Morgan fingerprint density at radius 2 is 1.71 bits per heavy atom. The topological polar surface area (TPSA) is 62.5 Å². The van der Waals surface area contributed by atoms with Crippen LogP contribution in [0, 0.1) is 0 Å². The zero-order valence-electron chi connectivity index (χ0n) is 17.7. The second-order valence-electron chi connectivity index (χ2n) is 8.89. The first-order valence-corrected chi connectivity index (χ1v) is 10.2. The number of carbonyl (C=O) groups is 1. The molecule has 0 spiro atoms. The van der Waals surface area contributed by atoms with Crippen LogP contribution in [0.5, 0.6) is 0 Å². The lowest BCUT2D eigenvalue weighted by molar-refractivity contribution is -0.131.